The highest BCUT2D eigenvalue weighted by Crippen LogP contribution is 2.21. The Morgan fingerprint density at radius 2 is 1.50 bits per heavy atom. The van der Waals surface area contributed by atoms with E-state index in [1.165, 1.54) is 0 Å². The minimum Gasteiger partial charge on any atom is -0.379 e. The molecule has 0 spiro atoms. The average molecular weight is 549 g/mol. The van der Waals surface area contributed by atoms with E-state index in [4.69, 9.17) is 24.8 Å². The van der Waals surface area contributed by atoms with Gasteiger partial charge in [0.2, 0.25) is 11.8 Å². The highest BCUT2D eigenvalue weighted by molar-refractivity contribution is 5.87. The molecule has 0 aromatic heterocycles. The maximum atomic E-state index is 13.0. The van der Waals surface area contributed by atoms with Gasteiger partial charge in [-0.1, -0.05) is 34.1 Å². The van der Waals surface area contributed by atoms with E-state index in [-0.39, 0.29) is 42.7 Å². The molecule has 0 heterocycles. The van der Waals surface area contributed by atoms with Gasteiger partial charge < -0.3 is 38.8 Å². The van der Waals surface area contributed by atoms with Gasteiger partial charge in [0.15, 0.2) is 0 Å². The SMILES string of the molecule is CCC(C)C(C(CC=O)OC)N(C)C(=O)CNC(=O)C(C(C)C)N(C)CCOCCOCCOCCON. The Balaban J connectivity index is 4.63. The van der Waals surface area contributed by atoms with E-state index in [9.17, 15) is 14.4 Å². The fraction of sp³-hybridized carbons (Fsp3) is 0.885. The van der Waals surface area contributed by atoms with Crippen molar-refractivity contribution in [3.8, 4) is 0 Å². The van der Waals surface area contributed by atoms with Crippen molar-refractivity contribution in [2.24, 2.45) is 17.7 Å². The van der Waals surface area contributed by atoms with Crippen molar-refractivity contribution in [1.29, 1.82) is 0 Å². The molecule has 0 aromatic carbocycles. The molecule has 38 heavy (non-hydrogen) atoms. The molecule has 0 bridgehead atoms. The number of nitrogens with two attached hydrogens (primary N) is 1. The fourth-order valence-corrected chi connectivity index (χ4v) is 4.28. The summed E-state index contributed by atoms with van der Waals surface area (Å²) in [5.41, 5.74) is 0. The smallest absolute Gasteiger partial charge is 0.242 e. The van der Waals surface area contributed by atoms with Crippen LogP contribution in [0.2, 0.25) is 0 Å². The van der Waals surface area contributed by atoms with Crippen LogP contribution in [-0.2, 0) is 38.2 Å². The second-order valence-corrected chi connectivity index (χ2v) is 9.65. The summed E-state index contributed by atoms with van der Waals surface area (Å²) in [4.78, 5) is 45.1. The second kappa shape index (κ2) is 22.2. The molecule has 224 valence electrons. The summed E-state index contributed by atoms with van der Waals surface area (Å²) < 4.78 is 21.8. The van der Waals surface area contributed by atoms with Crippen LogP contribution >= 0.6 is 0 Å². The summed E-state index contributed by atoms with van der Waals surface area (Å²) in [6.07, 6.45) is 1.42. The van der Waals surface area contributed by atoms with Gasteiger partial charge >= 0.3 is 0 Å². The van der Waals surface area contributed by atoms with Gasteiger partial charge in [-0.25, -0.2) is 5.90 Å². The normalized spacial score (nSPS) is 14.8. The van der Waals surface area contributed by atoms with E-state index in [0.717, 1.165) is 12.7 Å². The predicted octanol–water partition coefficient (Wildman–Crippen LogP) is 0.476. The van der Waals surface area contributed by atoms with Crippen LogP contribution < -0.4 is 11.2 Å². The van der Waals surface area contributed by atoms with E-state index >= 15 is 0 Å². The van der Waals surface area contributed by atoms with E-state index < -0.39 is 12.1 Å². The zero-order valence-corrected chi connectivity index (χ0v) is 24.5. The third kappa shape index (κ3) is 14.5. The van der Waals surface area contributed by atoms with Crippen molar-refractivity contribution < 1.29 is 38.2 Å². The van der Waals surface area contributed by atoms with Crippen LogP contribution in [0.1, 0.15) is 40.5 Å². The zero-order valence-electron chi connectivity index (χ0n) is 24.5. The number of amides is 2. The summed E-state index contributed by atoms with van der Waals surface area (Å²) in [7, 11) is 5.10. The molecule has 0 saturated heterocycles. The van der Waals surface area contributed by atoms with Crippen LogP contribution in [0.4, 0.5) is 0 Å². The van der Waals surface area contributed by atoms with E-state index in [2.05, 4.69) is 10.2 Å². The van der Waals surface area contributed by atoms with Crippen molar-refractivity contribution in [1.82, 2.24) is 15.1 Å². The quantitative estimate of drug-likeness (QED) is 0.0993. The largest absolute Gasteiger partial charge is 0.379 e. The first-order valence-electron chi connectivity index (χ1n) is 13.4. The molecule has 0 aromatic rings. The molecule has 0 radical (unpaired) electrons. The van der Waals surface area contributed by atoms with Crippen LogP contribution in [0.5, 0.6) is 0 Å². The minimum atomic E-state index is -0.422. The number of nitrogens with one attached hydrogen (secondary N) is 1. The van der Waals surface area contributed by atoms with Gasteiger partial charge in [0.25, 0.3) is 0 Å². The van der Waals surface area contributed by atoms with Gasteiger partial charge in [-0.05, 0) is 18.9 Å². The monoisotopic (exact) mass is 548 g/mol. The van der Waals surface area contributed by atoms with E-state index in [1.807, 2.05) is 39.6 Å². The molecule has 0 fully saturated rings. The Morgan fingerprint density at radius 1 is 0.947 bits per heavy atom. The Labute approximate surface area is 228 Å². The van der Waals surface area contributed by atoms with Gasteiger partial charge in [-0.3, -0.25) is 14.5 Å². The van der Waals surface area contributed by atoms with Gasteiger partial charge in [0, 0.05) is 27.1 Å². The Morgan fingerprint density at radius 3 is 1.97 bits per heavy atom. The maximum Gasteiger partial charge on any atom is 0.242 e. The molecule has 0 aliphatic heterocycles. The lowest BCUT2D eigenvalue weighted by Gasteiger charge is -2.37. The standard InChI is InChI=1S/C26H52N4O8/c1-8-21(4)25(22(34-7)9-11-31)30(6)23(32)19-28-26(33)24(20(2)3)29(5)10-12-35-13-14-36-15-16-37-17-18-38-27/h11,20-22,24-25H,8-10,12-19,27H2,1-7H3,(H,28,33). The molecule has 0 aliphatic carbocycles. The zero-order chi connectivity index (χ0) is 28.9. The van der Waals surface area contributed by atoms with E-state index in [1.54, 1.807) is 19.1 Å². The summed E-state index contributed by atoms with van der Waals surface area (Å²) in [6.45, 7) is 11.4. The number of hydrogen-bond donors (Lipinski definition) is 2. The molecule has 12 heteroatoms. The van der Waals surface area contributed by atoms with Crippen molar-refractivity contribution in [2.75, 3.05) is 80.5 Å². The molecule has 0 saturated carbocycles. The van der Waals surface area contributed by atoms with Crippen molar-refractivity contribution >= 4 is 18.1 Å². The Bertz CT molecular complexity index is 640. The summed E-state index contributed by atoms with van der Waals surface area (Å²) in [6, 6.07) is -0.697. The third-order valence-corrected chi connectivity index (χ3v) is 6.55. The van der Waals surface area contributed by atoms with E-state index in [0.29, 0.717) is 52.8 Å². The van der Waals surface area contributed by atoms with Crippen LogP contribution in [0.3, 0.4) is 0 Å². The van der Waals surface area contributed by atoms with Crippen LogP contribution in [0.15, 0.2) is 0 Å². The molecular weight excluding hydrogens is 496 g/mol. The first-order chi connectivity index (χ1) is 18.2. The fourth-order valence-electron chi connectivity index (χ4n) is 4.28. The number of methoxy groups -OCH3 is 1. The first kappa shape index (κ1) is 36.3. The van der Waals surface area contributed by atoms with Crippen LogP contribution in [0.25, 0.3) is 0 Å². The number of ether oxygens (including phenoxy) is 4. The van der Waals surface area contributed by atoms with Crippen molar-refractivity contribution in [3.05, 3.63) is 0 Å². The number of carbonyl (C=O) groups is 3. The Hall–Kier alpha value is -1.67. The lowest BCUT2D eigenvalue weighted by molar-refractivity contribution is -0.139. The van der Waals surface area contributed by atoms with Gasteiger partial charge in [-0.15, -0.1) is 0 Å². The second-order valence-electron chi connectivity index (χ2n) is 9.65. The third-order valence-electron chi connectivity index (χ3n) is 6.55. The van der Waals surface area contributed by atoms with Crippen molar-refractivity contribution in [2.45, 2.75) is 58.7 Å². The number of aldehydes is 1. The number of carbonyl (C=O) groups excluding carboxylic acids is 3. The molecule has 4 atom stereocenters. The van der Waals surface area contributed by atoms with Crippen molar-refractivity contribution in [3.63, 3.8) is 0 Å². The number of nitrogens with zero attached hydrogens (tertiary/aromatic N) is 2. The molecule has 0 aliphatic rings. The average Bonchev–Trinajstić information content (AvgIpc) is 2.89. The maximum absolute atomic E-state index is 13.0. The highest BCUT2D eigenvalue weighted by Gasteiger charge is 2.33. The summed E-state index contributed by atoms with van der Waals surface area (Å²) in [5.74, 6) is 4.61. The van der Waals surface area contributed by atoms with Gasteiger partial charge in [-0.2, -0.15) is 0 Å². The Kier molecular flexibility index (Phi) is 21.2. The molecule has 4 unspecified atom stereocenters. The molecule has 0 rings (SSSR count). The number of rotatable bonds is 24. The first-order valence-corrected chi connectivity index (χ1v) is 13.4. The van der Waals surface area contributed by atoms with Crippen LogP contribution in [-0.4, -0.2) is 127 Å². The minimum absolute atomic E-state index is 0.0270. The number of likely N-dealkylation sites (N-methyl/N-ethyl adjacent to an activating group) is 2. The molecule has 2 amide bonds. The van der Waals surface area contributed by atoms with Crippen LogP contribution in [0, 0.1) is 11.8 Å². The summed E-state index contributed by atoms with van der Waals surface area (Å²) >= 11 is 0. The predicted molar refractivity (Wildman–Crippen MR) is 144 cm³/mol. The van der Waals surface area contributed by atoms with Gasteiger partial charge in [0.05, 0.1) is 71.0 Å². The molecular formula is C26H52N4O8. The lowest BCUT2D eigenvalue weighted by Crippen LogP contribution is -2.54. The highest BCUT2D eigenvalue weighted by atomic mass is 16.6. The van der Waals surface area contributed by atoms with Gasteiger partial charge in [0.1, 0.15) is 6.29 Å². The molecule has 3 N–H and O–H groups in total. The number of hydrogen-bond acceptors (Lipinski definition) is 10. The lowest BCUT2D eigenvalue weighted by atomic mass is 9.91. The summed E-state index contributed by atoms with van der Waals surface area (Å²) in [5, 5.41) is 2.80. The topological polar surface area (TPSA) is 142 Å². The molecule has 12 nitrogen and oxygen atoms in total.